The van der Waals surface area contributed by atoms with Crippen LogP contribution in [-0.2, 0) is 6.42 Å². The molecule has 0 aromatic carbocycles. The van der Waals surface area contributed by atoms with Gasteiger partial charge in [0, 0.05) is 23.9 Å². The summed E-state index contributed by atoms with van der Waals surface area (Å²) in [5.41, 5.74) is 1.33. The second-order valence-electron chi connectivity index (χ2n) is 5.19. The maximum Gasteiger partial charge on any atom is 0.0621 e. The first-order chi connectivity index (χ1) is 7.60. The molecule has 1 saturated carbocycles. The molecule has 0 bridgehead atoms. The Bertz CT molecular complexity index is 337. The van der Waals surface area contributed by atoms with Crippen LogP contribution in [0.4, 0.5) is 0 Å². The van der Waals surface area contributed by atoms with E-state index in [1.54, 1.807) is 0 Å². The molecule has 0 radical (unpaired) electrons. The summed E-state index contributed by atoms with van der Waals surface area (Å²) in [6.07, 6.45) is 5.40. The molecule has 2 N–H and O–H groups in total. The van der Waals surface area contributed by atoms with Gasteiger partial charge in [0.05, 0.1) is 6.10 Å². The van der Waals surface area contributed by atoms with Crippen molar-refractivity contribution in [2.45, 2.75) is 38.8 Å². The first-order valence-corrected chi connectivity index (χ1v) is 5.91. The van der Waals surface area contributed by atoms with Gasteiger partial charge in [0.15, 0.2) is 0 Å². The van der Waals surface area contributed by atoms with Crippen molar-refractivity contribution in [3.8, 4) is 0 Å². The molecule has 0 amide bonds. The number of aliphatic hydroxyl groups is 1. The van der Waals surface area contributed by atoms with E-state index in [1.807, 2.05) is 24.5 Å². The van der Waals surface area contributed by atoms with Gasteiger partial charge in [-0.1, -0.05) is 13.8 Å². The lowest BCUT2D eigenvalue weighted by Gasteiger charge is -2.49. The Morgan fingerprint density at radius 3 is 2.69 bits per heavy atom. The summed E-state index contributed by atoms with van der Waals surface area (Å²) in [5.74, 6) is 0. The Kier molecular flexibility index (Phi) is 3.26. The number of pyridine rings is 1. The Morgan fingerprint density at radius 2 is 2.12 bits per heavy atom. The van der Waals surface area contributed by atoms with Gasteiger partial charge in [0.25, 0.3) is 0 Å². The molecule has 1 aliphatic carbocycles. The smallest absolute Gasteiger partial charge is 0.0621 e. The maximum atomic E-state index is 9.61. The molecular weight excluding hydrogens is 200 g/mol. The van der Waals surface area contributed by atoms with E-state index in [0.29, 0.717) is 6.04 Å². The molecular formula is C13H20N2O. The molecule has 1 aromatic heterocycles. The average Bonchev–Trinajstić information content (AvgIpc) is 2.29. The minimum Gasteiger partial charge on any atom is -0.392 e. The van der Waals surface area contributed by atoms with Gasteiger partial charge in [-0.15, -0.1) is 0 Å². The van der Waals surface area contributed by atoms with Crippen LogP contribution in [0, 0.1) is 5.41 Å². The highest BCUT2D eigenvalue weighted by Gasteiger charge is 2.46. The van der Waals surface area contributed by atoms with Crippen LogP contribution in [-0.4, -0.2) is 28.8 Å². The molecule has 0 aliphatic heterocycles. The first-order valence-electron chi connectivity index (χ1n) is 5.91. The van der Waals surface area contributed by atoms with Crippen molar-refractivity contribution in [3.05, 3.63) is 30.1 Å². The average molecular weight is 220 g/mol. The third-order valence-corrected chi connectivity index (χ3v) is 3.77. The van der Waals surface area contributed by atoms with Crippen LogP contribution < -0.4 is 5.32 Å². The van der Waals surface area contributed by atoms with Crippen molar-refractivity contribution >= 4 is 0 Å². The largest absolute Gasteiger partial charge is 0.392 e. The summed E-state index contributed by atoms with van der Waals surface area (Å²) in [5, 5.41) is 13.1. The van der Waals surface area contributed by atoms with Gasteiger partial charge in [-0.25, -0.2) is 0 Å². The van der Waals surface area contributed by atoms with Crippen molar-refractivity contribution in [3.63, 3.8) is 0 Å². The van der Waals surface area contributed by atoms with Crippen LogP contribution in [0.5, 0.6) is 0 Å². The minimum absolute atomic E-state index is 0.0260. The van der Waals surface area contributed by atoms with E-state index in [0.717, 1.165) is 19.4 Å². The van der Waals surface area contributed by atoms with E-state index in [9.17, 15) is 5.11 Å². The number of nitrogens with zero attached hydrogens (tertiary/aromatic N) is 1. The van der Waals surface area contributed by atoms with Crippen molar-refractivity contribution in [1.82, 2.24) is 10.3 Å². The van der Waals surface area contributed by atoms with E-state index in [1.165, 1.54) is 5.56 Å². The molecule has 1 aromatic rings. The van der Waals surface area contributed by atoms with E-state index in [4.69, 9.17) is 0 Å². The van der Waals surface area contributed by atoms with Gasteiger partial charge >= 0.3 is 0 Å². The molecule has 0 saturated heterocycles. The highest BCUT2D eigenvalue weighted by atomic mass is 16.3. The van der Waals surface area contributed by atoms with E-state index in [2.05, 4.69) is 24.1 Å². The normalized spacial score (nSPS) is 27.4. The maximum absolute atomic E-state index is 9.61. The summed E-state index contributed by atoms with van der Waals surface area (Å²) >= 11 is 0. The lowest BCUT2D eigenvalue weighted by Crippen LogP contribution is -2.60. The molecule has 1 fully saturated rings. The monoisotopic (exact) mass is 220 g/mol. The fraction of sp³-hybridized carbons (Fsp3) is 0.615. The summed E-state index contributed by atoms with van der Waals surface area (Å²) < 4.78 is 0. The Hall–Kier alpha value is -0.930. The second kappa shape index (κ2) is 4.52. The van der Waals surface area contributed by atoms with Crippen molar-refractivity contribution < 1.29 is 5.11 Å². The number of aromatic nitrogens is 1. The third-order valence-electron chi connectivity index (χ3n) is 3.77. The molecule has 3 nitrogen and oxygen atoms in total. The van der Waals surface area contributed by atoms with Gasteiger partial charge in [-0.2, -0.15) is 0 Å². The van der Waals surface area contributed by atoms with E-state index >= 15 is 0 Å². The molecule has 2 atom stereocenters. The molecule has 2 unspecified atom stereocenters. The van der Waals surface area contributed by atoms with Gasteiger partial charge in [0.2, 0.25) is 0 Å². The lowest BCUT2D eigenvalue weighted by molar-refractivity contribution is -0.0720. The fourth-order valence-electron chi connectivity index (χ4n) is 2.19. The summed E-state index contributed by atoms with van der Waals surface area (Å²) in [6, 6.07) is 4.54. The molecule has 3 heteroatoms. The van der Waals surface area contributed by atoms with Gasteiger partial charge < -0.3 is 10.4 Å². The van der Waals surface area contributed by atoms with Gasteiger partial charge in [-0.3, -0.25) is 4.98 Å². The topological polar surface area (TPSA) is 45.1 Å². The Balaban J connectivity index is 1.74. The molecule has 0 spiro atoms. The van der Waals surface area contributed by atoms with Crippen LogP contribution in [0.15, 0.2) is 24.5 Å². The zero-order valence-corrected chi connectivity index (χ0v) is 9.98. The number of aliphatic hydroxyl groups excluding tert-OH is 1. The van der Waals surface area contributed by atoms with Crippen LogP contribution >= 0.6 is 0 Å². The van der Waals surface area contributed by atoms with Crippen LogP contribution in [0.3, 0.4) is 0 Å². The van der Waals surface area contributed by atoms with Crippen LogP contribution in [0.1, 0.15) is 25.8 Å². The summed E-state index contributed by atoms with van der Waals surface area (Å²) in [7, 11) is 0. The molecule has 88 valence electrons. The van der Waals surface area contributed by atoms with Crippen molar-refractivity contribution in [1.29, 1.82) is 0 Å². The Labute approximate surface area is 96.9 Å². The highest BCUT2D eigenvalue weighted by Crippen LogP contribution is 2.40. The minimum atomic E-state index is -0.147. The standard InChI is InChI=1S/C13H20N2O/c1-13(2)11(9-12(13)16)15-8-5-10-3-6-14-7-4-10/h3-4,6-7,11-12,15-16H,5,8-9H2,1-2H3. The third kappa shape index (κ3) is 2.25. The highest BCUT2D eigenvalue weighted by molar-refractivity contribution is 5.10. The molecule has 16 heavy (non-hydrogen) atoms. The van der Waals surface area contributed by atoms with Crippen LogP contribution in [0.2, 0.25) is 0 Å². The quantitative estimate of drug-likeness (QED) is 0.805. The molecule has 1 aliphatic rings. The Morgan fingerprint density at radius 1 is 1.44 bits per heavy atom. The zero-order chi connectivity index (χ0) is 11.6. The lowest BCUT2D eigenvalue weighted by atomic mass is 9.64. The van der Waals surface area contributed by atoms with Crippen molar-refractivity contribution in [2.75, 3.05) is 6.54 Å². The summed E-state index contributed by atoms with van der Waals surface area (Å²) in [4.78, 5) is 4.00. The van der Waals surface area contributed by atoms with E-state index in [-0.39, 0.29) is 11.5 Å². The number of hydrogen-bond donors (Lipinski definition) is 2. The number of rotatable bonds is 4. The van der Waals surface area contributed by atoms with Gasteiger partial charge in [-0.05, 0) is 37.1 Å². The molecule has 2 rings (SSSR count). The number of hydrogen-bond acceptors (Lipinski definition) is 3. The predicted molar refractivity (Wildman–Crippen MR) is 64.1 cm³/mol. The SMILES string of the molecule is CC1(C)C(O)CC1NCCc1ccncc1. The summed E-state index contributed by atoms with van der Waals surface area (Å²) in [6.45, 7) is 5.20. The fourth-order valence-corrected chi connectivity index (χ4v) is 2.19. The number of nitrogens with one attached hydrogen (secondary N) is 1. The zero-order valence-electron chi connectivity index (χ0n) is 9.98. The predicted octanol–water partition coefficient (Wildman–Crippen LogP) is 1.37. The van der Waals surface area contributed by atoms with Crippen LogP contribution in [0.25, 0.3) is 0 Å². The van der Waals surface area contributed by atoms with Gasteiger partial charge in [0.1, 0.15) is 0 Å². The molecule has 1 heterocycles. The van der Waals surface area contributed by atoms with E-state index < -0.39 is 0 Å². The second-order valence-corrected chi connectivity index (χ2v) is 5.19. The van der Waals surface area contributed by atoms with Crippen molar-refractivity contribution in [2.24, 2.45) is 5.41 Å². The first kappa shape index (κ1) is 11.6.